The van der Waals surface area contributed by atoms with Crippen LogP contribution in [0.2, 0.25) is 0 Å². The second-order valence-corrected chi connectivity index (χ2v) is 3.79. The van der Waals surface area contributed by atoms with Crippen molar-refractivity contribution in [2.24, 2.45) is 5.92 Å². The standard InChI is InChI=1S/C7H10N2OS/c1-7(4-2-3-4)5(10)8-6(11)9-7/h4H,2-3H2,1H3,(H2,8,9,10,11). The number of thiocarbonyl (C=S) groups is 1. The van der Waals surface area contributed by atoms with Gasteiger partial charge in [-0.05, 0) is 37.9 Å². The Morgan fingerprint density at radius 1 is 1.64 bits per heavy atom. The molecule has 2 fully saturated rings. The molecule has 1 unspecified atom stereocenters. The molecule has 1 saturated carbocycles. The number of amides is 1. The van der Waals surface area contributed by atoms with Crippen molar-refractivity contribution >= 4 is 23.2 Å². The van der Waals surface area contributed by atoms with Gasteiger partial charge in [0, 0.05) is 0 Å². The Balaban J connectivity index is 2.23. The van der Waals surface area contributed by atoms with E-state index in [9.17, 15) is 4.79 Å². The minimum absolute atomic E-state index is 0.0324. The molecule has 0 aromatic carbocycles. The zero-order valence-electron chi connectivity index (χ0n) is 6.31. The predicted octanol–water partition coefficient (Wildman–Crippen LogP) is 0.159. The molecule has 3 nitrogen and oxygen atoms in total. The molecule has 1 aliphatic carbocycles. The van der Waals surface area contributed by atoms with E-state index >= 15 is 0 Å². The van der Waals surface area contributed by atoms with E-state index < -0.39 is 5.54 Å². The fourth-order valence-electron chi connectivity index (χ4n) is 1.50. The normalized spacial score (nSPS) is 36.8. The van der Waals surface area contributed by atoms with Gasteiger partial charge in [0.1, 0.15) is 5.54 Å². The van der Waals surface area contributed by atoms with Crippen molar-refractivity contribution in [1.82, 2.24) is 10.6 Å². The van der Waals surface area contributed by atoms with Gasteiger partial charge in [0.25, 0.3) is 5.91 Å². The SMILES string of the molecule is CC1(C2CC2)NC(=S)NC1=O. The van der Waals surface area contributed by atoms with Gasteiger partial charge in [-0.1, -0.05) is 0 Å². The van der Waals surface area contributed by atoms with Crippen molar-refractivity contribution in [2.75, 3.05) is 0 Å². The van der Waals surface area contributed by atoms with E-state index in [0.717, 1.165) is 12.8 Å². The van der Waals surface area contributed by atoms with Crippen molar-refractivity contribution < 1.29 is 4.79 Å². The summed E-state index contributed by atoms with van der Waals surface area (Å²) in [5, 5.41) is 6.10. The Morgan fingerprint density at radius 3 is 2.64 bits per heavy atom. The zero-order chi connectivity index (χ0) is 8.06. The van der Waals surface area contributed by atoms with Crippen LogP contribution >= 0.6 is 12.2 Å². The van der Waals surface area contributed by atoms with Crippen LogP contribution in [0.5, 0.6) is 0 Å². The lowest BCUT2D eigenvalue weighted by molar-refractivity contribution is -0.124. The van der Waals surface area contributed by atoms with Crippen LogP contribution in [0.25, 0.3) is 0 Å². The van der Waals surface area contributed by atoms with Crippen molar-refractivity contribution in [3.05, 3.63) is 0 Å². The summed E-state index contributed by atoms with van der Waals surface area (Å²) in [7, 11) is 0. The molecule has 2 rings (SSSR count). The summed E-state index contributed by atoms with van der Waals surface area (Å²) in [6.45, 7) is 1.92. The molecule has 0 aromatic rings. The highest BCUT2D eigenvalue weighted by atomic mass is 32.1. The number of hydrogen-bond donors (Lipinski definition) is 2. The molecule has 0 aromatic heterocycles. The van der Waals surface area contributed by atoms with Gasteiger partial charge in [-0.25, -0.2) is 0 Å². The average molecular weight is 170 g/mol. The second-order valence-electron chi connectivity index (χ2n) is 3.38. The Hall–Kier alpha value is -0.640. The predicted molar refractivity (Wildman–Crippen MR) is 45.0 cm³/mol. The van der Waals surface area contributed by atoms with E-state index in [1.807, 2.05) is 6.92 Å². The summed E-state index contributed by atoms with van der Waals surface area (Å²) >= 11 is 4.85. The monoisotopic (exact) mass is 170 g/mol. The van der Waals surface area contributed by atoms with Gasteiger partial charge in [-0.15, -0.1) is 0 Å². The third kappa shape index (κ3) is 0.929. The van der Waals surface area contributed by atoms with Gasteiger partial charge >= 0.3 is 0 Å². The first-order valence-corrected chi connectivity index (χ1v) is 4.17. The van der Waals surface area contributed by atoms with Crippen LogP contribution in [-0.2, 0) is 4.79 Å². The lowest BCUT2D eigenvalue weighted by atomic mass is 9.97. The third-order valence-corrected chi connectivity index (χ3v) is 2.67. The molecule has 4 heteroatoms. The van der Waals surface area contributed by atoms with E-state index in [1.165, 1.54) is 0 Å². The summed E-state index contributed by atoms with van der Waals surface area (Å²) in [5.74, 6) is 0.521. The van der Waals surface area contributed by atoms with Crippen LogP contribution in [0.3, 0.4) is 0 Å². The molecule has 2 aliphatic rings. The zero-order valence-corrected chi connectivity index (χ0v) is 7.12. The molecule has 1 heterocycles. The summed E-state index contributed by atoms with van der Waals surface area (Å²) < 4.78 is 0. The van der Waals surface area contributed by atoms with Crippen molar-refractivity contribution in [3.8, 4) is 0 Å². The highest BCUT2D eigenvalue weighted by Crippen LogP contribution is 2.40. The van der Waals surface area contributed by atoms with Gasteiger partial charge in [0.2, 0.25) is 0 Å². The number of hydrogen-bond acceptors (Lipinski definition) is 2. The maximum atomic E-state index is 11.3. The van der Waals surface area contributed by atoms with Gasteiger partial charge < -0.3 is 10.6 Å². The maximum Gasteiger partial charge on any atom is 0.251 e. The minimum Gasteiger partial charge on any atom is -0.348 e. The Kier molecular flexibility index (Phi) is 1.24. The van der Waals surface area contributed by atoms with Gasteiger partial charge in [0.15, 0.2) is 5.11 Å². The third-order valence-electron chi connectivity index (χ3n) is 2.47. The first kappa shape index (κ1) is 7.03. The maximum absolute atomic E-state index is 11.3. The van der Waals surface area contributed by atoms with Crippen molar-refractivity contribution in [3.63, 3.8) is 0 Å². The molecule has 0 radical (unpaired) electrons. The first-order valence-electron chi connectivity index (χ1n) is 3.76. The van der Waals surface area contributed by atoms with Crippen LogP contribution < -0.4 is 10.6 Å². The average Bonchev–Trinajstić information content (AvgIpc) is 2.63. The smallest absolute Gasteiger partial charge is 0.251 e. The van der Waals surface area contributed by atoms with Crippen LogP contribution in [0.1, 0.15) is 19.8 Å². The van der Waals surface area contributed by atoms with Crippen LogP contribution in [0, 0.1) is 5.92 Å². The van der Waals surface area contributed by atoms with E-state index in [4.69, 9.17) is 12.2 Å². The molecule has 1 atom stereocenters. The quantitative estimate of drug-likeness (QED) is 0.551. The van der Waals surface area contributed by atoms with Gasteiger partial charge in [0.05, 0.1) is 0 Å². The molecule has 2 N–H and O–H groups in total. The van der Waals surface area contributed by atoms with Crippen LogP contribution in [0.4, 0.5) is 0 Å². The topological polar surface area (TPSA) is 41.1 Å². The Morgan fingerprint density at radius 2 is 2.27 bits per heavy atom. The number of carbonyl (C=O) groups excluding carboxylic acids is 1. The molecule has 60 valence electrons. The molecule has 0 spiro atoms. The van der Waals surface area contributed by atoms with Crippen molar-refractivity contribution in [1.29, 1.82) is 0 Å². The fourth-order valence-corrected chi connectivity index (χ4v) is 1.81. The second kappa shape index (κ2) is 1.94. The van der Waals surface area contributed by atoms with Crippen molar-refractivity contribution in [2.45, 2.75) is 25.3 Å². The summed E-state index contributed by atoms with van der Waals surface area (Å²) in [5.41, 5.74) is -0.406. The van der Waals surface area contributed by atoms with Gasteiger partial charge in [-0.3, -0.25) is 4.79 Å². The highest BCUT2D eigenvalue weighted by Gasteiger charge is 2.51. The van der Waals surface area contributed by atoms with E-state index in [-0.39, 0.29) is 5.91 Å². The molecule has 1 saturated heterocycles. The van der Waals surface area contributed by atoms with E-state index in [1.54, 1.807) is 0 Å². The Bertz CT molecular complexity index is 237. The molecule has 1 aliphatic heterocycles. The number of rotatable bonds is 1. The van der Waals surface area contributed by atoms with Gasteiger partial charge in [-0.2, -0.15) is 0 Å². The van der Waals surface area contributed by atoms with Crippen LogP contribution in [0.15, 0.2) is 0 Å². The van der Waals surface area contributed by atoms with E-state index in [0.29, 0.717) is 11.0 Å². The molecule has 0 bridgehead atoms. The fraction of sp³-hybridized carbons (Fsp3) is 0.714. The molecular weight excluding hydrogens is 160 g/mol. The minimum atomic E-state index is -0.406. The molecule has 1 amide bonds. The molecular formula is C7H10N2OS. The Labute approximate surface area is 70.5 Å². The highest BCUT2D eigenvalue weighted by molar-refractivity contribution is 7.80. The number of nitrogens with one attached hydrogen (secondary N) is 2. The van der Waals surface area contributed by atoms with Crippen LogP contribution in [-0.4, -0.2) is 16.6 Å². The molecule has 11 heavy (non-hydrogen) atoms. The lowest BCUT2D eigenvalue weighted by Crippen LogP contribution is -2.45. The largest absolute Gasteiger partial charge is 0.348 e. The summed E-state index contributed by atoms with van der Waals surface area (Å²) in [6, 6.07) is 0. The summed E-state index contributed by atoms with van der Waals surface area (Å²) in [6.07, 6.45) is 2.28. The first-order chi connectivity index (χ1) is 5.13. The summed E-state index contributed by atoms with van der Waals surface area (Å²) in [4.78, 5) is 11.3. The number of carbonyl (C=O) groups is 1. The lowest BCUT2D eigenvalue weighted by Gasteiger charge is -2.19. The van der Waals surface area contributed by atoms with E-state index in [2.05, 4.69) is 10.6 Å².